The molecule has 0 aliphatic heterocycles. The lowest BCUT2D eigenvalue weighted by Gasteiger charge is -2.00. The van der Waals surface area contributed by atoms with Gasteiger partial charge in [-0.05, 0) is 38.3 Å². The molecule has 0 aromatic carbocycles. The van der Waals surface area contributed by atoms with E-state index in [-0.39, 0.29) is 5.97 Å². The van der Waals surface area contributed by atoms with Crippen LogP contribution in [0, 0.1) is 0 Å². The maximum absolute atomic E-state index is 11.2. The van der Waals surface area contributed by atoms with Crippen molar-refractivity contribution in [2.75, 3.05) is 6.61 Å². The van der Waals surface area contributed by atoms with Crippen molar-refractivity contribution in [2.45, 2.75) is 39.0 Å². The molecule has 102 valence electrons. The zero-order valence-electron chi connectivity index (χ0n) is 11.1. The molecule has 0 unspecified atom stereocenters. The van der Waals surface area contributed by atoms with E-state index < -0.39 is 0 Å². The Morgan fingerprint density at radius 2 is 2.26 bits per heavy atom. The minimum Gasteiger partial charge on any atom is -0.466 e. The first-order valence-electron chi connectivity index (χ1n) is 6.65. The summed E-state index contributed by atoms with van der Waals surface area (Å²) in [4.78, 5) is 21.0. The number of thiazole rings is 1. The summed E-state index contributed by atoms with van der Waals surface area (Å²) in [6.07, 6.45) is 6.26. The Bertz CT molecular complexity index is 506. The average molecular weight is 278 g/mol. The van der Waals surface area contributed by atoms with Crippen LogP contribution < -0.4 is 0 Å². The molecule has 0 saturated carbocycles. The van der Waals surface area contributed by atoms with Gasteiger partial charge in [0.25, 0.3) is 0 Å². The van der Waals surface area contributed by atoms with Crippen LogP contribution in [0.15, 0.2) is 18.3 Å². The van der Waals surface area contributed by atoms with Crippen molar-refractivity contribution < 1.29 is 9.53 Å². The Morgan fingerprint density at radius 3 is 3.05 bits per heavy atom. The van der Waals surface area contributed by atoms with Crippen molar-refractivity contribution in [1.29, 1.82) is 0 Å². The predicted octanol–water partition coefficient (Wildman–Crippen LogP) is 3.36. The summed E-state index contributed by atoms with van der Waals surface area (Å²) in [6.45, 7) is 2.30. The first-order valence-corrected chi connectivity index (χ1v) is 7.47. The molecule has 0 atom stereocenters. The second-order valence-electron chi connectivity index (χ2n) is 4.30. The summed E-state index contributed by atoms with van der Waals surface area (Å²) < 4.78 is 4.89. The van der Waals surface area contributed by atoms with Crippen molar-refractivity contribution in [3.63, 3.8) is 0 Å². The topological polar surface area (TPSA) is 52.1 Å². The molecular weight excluding hydrogens is 260 g/mol. The molecular formula is C14H18N2O2S. The van der Waals surface area contributed by atoms with Gasteiger partial charge >= 0.3 is 5.97 Å². The largest absolute Gasteiger partial charge is 0.466 e. The average Bonchev–Trinajstić information content (AvgIpc) is 2.81. The van der Waals surface area contributed by atoms with Gasteiger partial charge in [-0.15, -0.1) is 0 Å². The molecule has 4 nitrogen and oxygen atoms in total. The maximum atomic E-state index is 11.2. The molecule has 0 radical (unpaired) electrons. The number of unbranched alkanes of at least 4 members (excludes halogenated alkanes) is 2. The van der Waals surface area contributed by atoms with Crippen LogP contribution in [0.1, 0.15) is 37.6 Å². The van der Waals surface area contributed by atoms with E-state index in [1.807, 2.05) is 19.1 Å². The third kappa shape index (κ3) is 4.28. The van der Waals surface area contributed by atoms with E-state index in [0.29, 0.717) is 13.0 Å². The van der Waals surface area contributed by atoms with E-state index in [1.54, 1.807) is 17.5 Å². The number of hydrogen-bond acceptors (Lipinski definition) is 5. The van der Waals surface area contributed by atoms with Crippen molar-refractivity contribution >= 4 is 27.7 Å². The molecule has 19 heavy (non-hydrogen) atoms. The van der Waals surface area contributed by atoms with Crippen LogP contribution in [0.5, 0.6) is 0 Å². The van der Waals surface area contributed by atoms with E-state index in [0.717, 1.165) is 41.0 Å². The van der Waals surface area contributed by atoms with E-state index in [4.69, 9.17) is 4.74 Å². The number of rotatable bonds is 7. The summed E-state index contributed by atoms with van der Waals surface area (Å²) in [7, 11) is 0. The molecule has 2 aromatic heterocycles. The summed E-state index contributed by atoms with van der Waals surface area (Å²) in [5.41, 5.74) is 0.981. The van der Waals surface area contributed by atoms with Gasteiger partial charge in [0.05, 0.1) is 11.6 Å². The SMILES string of the molecule is CCOC(=O)CCCCCc1nc2cccnc2s1. The third-order valence-corrected chi connectivity index (χ3v) is 3.83. The minimum absolute atomic E-state index is 0.0910. The fourth-order valence-electron chi connectivity index (χ4n) is 1.88. The highest BCUT2D eigenvalue weighted by molar-refractivity contribution is 7.18. The number of fused-ring (bicyclic) bond motifs is 1. The Balaban J connectivity index is 1.69. The number of aromatic nitrogens is 2. The molecule has 0 aliphatic rings. The lowest BCUT2D eigenvalue weighted by Crippen LogP contribution is -2.03. The fourth-order valence-corrected chi connectivity index (χ4v) is 2.82. The van der Waals surface area contributed by atoms with Gasteiger partial charge in [0, 0.05) is 12.6 Å². The molecule has 0 fully saturated rings. The second-order valence-corrected chi connectivity index (χ2v) is 5.36. The van der Waals surface area contributed by atoms with Crippen LogP contribution in [0.2, 0.25) is 0 Å². The quantitative estimate of drug-likeness (QED) is 0.575. The van der Waals surface area contributed by atoms with E-state index in [1.165, 1.54) is 0 Å². The highest BCUT2D eigenvalue weighted by atomic mass is 32.1. The van der Waals surface area contributed by atoms with Crippen LogP contribution in [-0.2, 0) is 16.0 Å². The zero-order valence-corrected chi connectivity index (χ0v) is 11.9. The number of carbonyl (C=O) groups is 1. The Kier molecular flexibility index (Phi) is 5.27. The van der Waals surface area contributed by atoms with Gasteiger partial charge in [0.15, 0.2) is 0 Å². The zero-order chi connectivity index (χ0) is 13.5. The van der Waals surface area contributed by atoms with Crippen molar-refractivity contribution in [2.24, 2.45) is 0 Å². The predicted molar refractivity (Wildman–Crippen MR) is 76.2 cm³/mol. The van der Waals surface area contributed by atoms with Gasteiger partial charge in [-0.2, -0.15) is 0 Å². The number of esters is 1. The van der Waals surface area contributed by atoms with Crippen LogP contribution >= 0.6 is 11.3 Å². The molecule has 2 heterocycles. The molecule has 0 spiro atoms. The van der Waals surface area contributed by atoms with Crippen molar-refractivity contribution in [3.8, 4) is 0 Å². The monoisotopic (exact) mass is 278 g/mol. The summed E-state index contributed by atoms with van der Waals surface area (Å²) in [5.74, 6) is -0.0910. The lowest BCUT2D eigenvalue weighted by atomic mass is 10.1. The lowest BCUT2D eigenvalue weighted by molar-refractivity contribution is -0.143. The first-order chi connectivity index (χ1) is 9.29. The number of nitrogens with zero attached hydrogens (tertiary/aromatic N) is 2. The summed E-state index contributed by atoms with van der Waals surface area (Å²) in [6, 6.07) is 3.90. The molecule has 5 heteroatoms. The summed E-state index contributed by atoms with van der Waals surface area (Å²) in [5, 5.41) is 1.13. The number of hydrogen-bond donors (Lipinski definition) is 0. The standard InChI is InChI=1S/C14H18N2O2S/c1-2-18-13(17)9-5-3-4-8-12-16-11-7-6-10-15-14(11)19-12/h6-7,10H,2-5,8-9H2,1H3. The van der Waals surface area contributed by atoms with E-state index in [2.05, 4.69) is 9.97 Å². The highest BCUT2D eigenvalue weighted by Crippen LogP contribution is 2.20. The van der Waals surface area contributed by atoms with Crippen LogP contribution in [0.3, 0.4) is 0 Å². The van der Waals surface area contributed by atoms with Crippen LogP contribution in [-0.4, -0.2) is 22.5 Å². The van der Waals surface area contributed by atoms with Crippen LogP contribution in [0.4, 0.5) is 0 Å². The number of aryl methyl sites for hydroxylation is 1. The molecule has 0 amide bonds. The van der Waals surface area contributed by atoms with Crippen molar-refractivity contribution in [1.82, 2.24) is 9.97 Å². The van der Waals surface area contributed by atoms with Gasteiger partial charge in [0.1, 0.15) is 10.3 Å². The molecule has 0 saturated heterocycles. The summed E-state index contributed by atoms with van der Waals surface area (Å²) >= 11 is 1.66. The molecule has 0 bridgehead atoms. The van der Waals surface area contributed by atoms with Gasteiger partial charge in [-0.25, -0.2) is 9.97 Å². The molecule has 0 N–H and O–H groups in total. The molecule has 2 aromatic rings. The highest BCUT2D eigenvalue weighted by Gasteiger charge is 2.05. The smallest absolute Gasteiger partial charge is 0.305 e. The Morgan fingerprint density at radius 1 is 1.37 bits per heavy atom. The fraction of sp³-hybridized carbons (Fsp3) is 0.500. The van der Waals surface area contributed by atoms with Gasteiger partial charge in [0.2, 0.25) is 0 Å². The first kappa shape index (κ1) is 13.9. The number of pyridine rings is 1. The van der Waals surface area contributed by atoms with E-state index in [9.17, 15) is 4.79 Å². The Labute approximate surface area is 116 Å². The van der Waals surface area contributed by atoms with Gasteiger partial charge in [-0.3, -0.25) is 4.79 Å². The normalized spacial score (nSPS) is 10.8. The van der Waals surface area contributed by atoms with Gasteiger partial charge in [-0.1, -0.05) is 17.8 Å². The molecule has 2 rings (SSSR count). The molecule has 0 aliphatic carbocycles. The Hall–Kier alpha value is -1.49. The van der Waals surface area contributed by atoms with Crippen molar-refractivity contribution in [3.05, 3.63) is 23.3 Å². The minimum atomic E-state index is -0.0910. The van der Waals surface area contributed by atoms with Gasteiger partial charge < -0.3 is 4.74 Å². The van der Waals surface area contributed by atoms with Crippen LogP contribution in [0.25, 0.3) is 10.3 Å². The number of ether oxygens (including phenoxy) is 1. The third-order valence-electron chi connectivity index (χ3n) is 2.79. The number of carbonyl (C=O) groups excluding carboxylic acids is 1. The maximum Gasteiger partial charge on any atom is 0.305 e. The second kappa shape index (κ2) is 7.19. The van der Waals surface area contributed by atoms with E-state index >= 15 is 0 Å².